The van der Waals surface area contributed by atoms with Gasteiger partial charge in [0.05, 0.1) is 19.1 Å². The number of halogens is 1. The van der Waals surface area contributed by atoms with E-state index < -0.39 is 4.92 Å². The SMILES string of the molecule is COc1ccc(CCNC(=O)c2ccc(Oc3ccc(Cl)cc3[N+](=O)[O-])cc2)cc1OC. The topological polar surface area (TPSA) is 99.9 Å². The van der Waals surface area contributed by atoms with Crippen molar-refractivity contribution in [2.45, 2.75) is 6.42 Å². The van der Waals surface area contributed by atoms with Crippen molar-refractivity contribution >= 4 is 23.2 Å². The number of amides is 1. The second kappa shape index (κ2) is 10.5. The summed E-state index contributed by atoms with van der Waals surface area (Å²) in [6, 6.07) is 16.1. The summed E-state index contributed by atoms with van der Waals surface area (Å²) in [5.74, 6) is 1.46. The number of ether oxygens (including phenoxy) is 3. The van der Waals surface area contributed by atoms with E-state index in [2.05, 4.69) is 5.32 Å². The number of hydrogen-bond acceptors (Lipinski definition) is 6. The van der Waals surface area contributed by atoms with Crippen LogP contribution in [0.5, 0.6) is 23.0 Å². The molecule has 0 aliphatic rings. The van der Waals surface area contributed by atoms with E-state index in [4.69, 9.17) is 25.8 Å². The minimum atomic E-state index is -0.568. The van der Waals surface area contributed by atoms with Crippen molar-refractivity contribution in [3.8, 4) is 23.0 Å². The molecule has 0 aliphatic heterocycles. The van der Waals surface area contributed by atoms with Crippen LogP contribution >= 0.6 is 11.6 Å². The van der Waals surface area contributed by atoms with Crippen LogP contribution < -0.4 is 19.5 Å². The number of nitrogens with zero attached hydrogens (tertiary/aromatic N) is 1. The van der Waals surface area contributed by atoms with Crippen LogP contribution in [0.15, 0.2) is 60.7 Å². The van der Waals surface area contributed by atoms with Crippen molar-refractivity contribution in [3.63, 3.8) is 0 Å². The lowest BCUT2D eigenvalue weighted by Gasteiger charge is -2.10. The molecule has 8 nitrogen and oxygen atoms in total. The number of carbonyl (C=O) groups excluding carboxylic acids is 1. The maximum Gasteiger partial charge on any atom is 0.313 e. The smallest absolute Gasteiger partial charge is 0.313 e. The Kier molecular flexibility index (Phi) is 7.51. The molecule has 0 radical (unpaired) electrons. The average Bonchev–Trinajstić information content (AvgIpc) is 2.80. The summed E-state index contributed by atoms with van der Waals surface area (Å²) < 4.78 is 16.1. The van der Waals surface area contributed by atoms with Gasteiger partial charge in [0.1, 0.15) is 5.75 Å². The molecule has 166 valence electrons. The van der Waals surface area contributed by atoms with Gasteiger partial charge in [-0.3, -0.25) is 14.9 Å². The lowest BCUT2D eigenvalue weighted by molar-refractivity contribution is -0.385. The van der Waals surface area contributed by atoms with Gasteiger partial charge in [-0.1, -0.05) is 17.7 Å². The number of benzene rings is 3. The van der Waals surface area contributed by atoms with E-state index in [1.54, 1.807) is 38.5 Å². The molecule has 0 aromatic heterocycles. The monoisotopic (exact) mass is 456 g/mol. The molecule has 0 atom stereocenters. The Bertz CT molecular complexity index is 1120. The highest BCUT2D eigenvalue weighted by molar-refractivity contribution is 6.30. The fourth-order valence-corrected chi connectivity index (χ4v) is 3.15. The highest BCUT2D eigenvalue weighted by Gasteiger charge is 2.16. The molecule has 0 unspecified atom stereocenters. The largest absolute Gasteiger partial charge is 0.493 e. The van der Waals surface area contributed by atoms with Crippen LogP contribution in [-0.4, -0.2) is 31.6 Å². The van der Waals surface area contributed by atoms with Gasteiger partial charge in [0.25, 0.3) is 5.91 Å². The summed E-state index contributed by atoms with van der Waals surface area (Å²) in [5.41, 5.74) is 1.20. The Balaban J connectivity index is 1.58. The number of methoxy groups -OCH3 is 2. The zero-order valence-electron chi connectivity index (χ0n) is 17.5. The normalized spacial score (nSPS) is 10.3. The standard InChI is InChI=1S/C23H21ClN2O6/c1-30-21-9-3-15(13-22(21)31-2)11-12-25-23(27)16-4-7-18(8-5-16)32-20-10-6-17(24)14-19(20)26(28)29/h3-10,13-14H,11-12H2,1-2H3,(H,25,27). The van der Waals surface area contributed by atoms with E-state index in [9.17, 15) is 14.9 Å². The number of rotatable bonds is 9. The molecule has 32 heavy (non-hydrogen) atoms. The molecule has 1 N–H and O–H groups in total. The van der Waals surface area contributed by atoms with Gasteiger partial charge in [0.15, 0.2) is 11.5 Å². The first-order valence-electron chi connectivity index (χ1n) is 9.62. The highest BCUT2D eigenvalue weighted by Crippen LogP contribution is 2.33. The predicted octanol–water partition coefficient (Wildman–Crippen LogP) is 5.03. The summed E-state index contributed by atoms with van der Waals surface area (Å²) in [7, 11) is 3.15. The van der Waals surface area contributed by atoms with Gasteiger partial charge < -0.3 is 19.5 Å². The number of nitrogens with one attached hydrogen (secondary N) is 1. The minimum Gasteiger partial charge on any atom is -0.493 e. The first-order valence-corrected chi connectivity index (χ1v) is 10.00. The number of carbonyl (C=O) groups is 1. The molecule has 0 bridgehead atoms. The van der Waals surface area contributed by atoms with Crippen LogP contribution in [0, 0.1) is 10.1 Å². The van der Waals surface area contributed by atoms with Gasteiger partial charge in [-0.25, -0.2) is 0 Å². The maximum absolute atomic E-state index is 12.4. The molecule has 9 heteroatoms. The van der Waals surface area contributed by atoms with Crippen LogP contribution in [0.2, 0.25) is 5.02 Å². The zero-order valence-corrected chi connectivity index (χ0v) is 18.2. The summed E-state index contributed by atoms with van der Waals surface area (Å²) in [4.78, 5) is 23.0. The molecular weight excluding hydrogens is 436 g/mol. The molecule has 3 rings (SSSR count). The molecule has 3 aromatic rings. The fraction of sp³-hybridized carbons (Fsp3) is 0.174. The van der Waals surface area contributed by atoms with E-state index >= 15 is 0 Å². The van der Waals surface area contributed by atoms with E-state index in [1.165, 1.54) is 18.2 Å². The summed E-state index contributed by atoms with van der Waals surface area (Å²) >= 11 is 5.81. The Morgan fingerprint density at radius 1 is 0.969 bits per heavy atom. The zero-order chi connectivity index (χ0) is 23.1. The molecule has 0 fully saturated rings. The average molecular weight is 457 g/mol. The van der Waals surface area contributed by atoms with E-state index in [-0.39, 0.29) is 22.4 Å². The molecule has 0 heterocycles. The van der Waals surface area contributed by atoms with E-state index in [1.807, 2.05) is 18.2 Å². The fourth-order valence-electron chi connectivity index (χ4n) is 2.98. The van der Waals surface area contributed by atoms with Gasteiger partial charge in [-0.05, 0) is 60.5 Å². The first-order chi connectivity index (χ1) is 15.4. The molecule has 3 aromatic carbocycles. The van der Waals surface area contributed by atoms with Gasteiger partial charge in [-0.2, -0.15) is 0 Å². The third-order valence-electron chi connectivity index (χ3n) is 4.61. The van der Waals surface area contributed by atoms with E-state index in [0.29, 0.717) is 35.8 Å². The lowest BCUT2D eigenvalue weighted by Crippen LogP contribution is -2.25. The van der Waals surface area contributed by atoms with Crippen LogP contribution in [-0.2, 0) is 6.42 Å². The third kappa shape index (κ3) is 5.67. The molecule has 0 spiro atoms. The van der Waals surface area contributed by atoms with Crippen molar-refractivity contribution in [1.29, 1.82) is 0 Å². The van der Waals surface area contributed by atoms with Crippen molar-refractivity contribution in [3.05, 3.63) is 86.9 Å². The number of hydrogen-bond donors (Lipinski definition) is 1. The van der Waals surface area contributed by atoms with Gasteiger partial charge >= 0.3 is 5.69 Å². The molecule has 0 aliphatic carbocycles. The molecule has 0 saturated heterocycles. The first kappa shape index (κ1) is 22.9. The Morgan fingerprint density at radius 2 is 1.66 bits per heavy atom. The van der Waals surface area contributed by atoms with Gasteiger partial charge in [0.2, 0.25) is 5.75 Å². The van der Waals surface area contributed by atoms with Crippen molar-refractivity contribution in [2.75, 3.05) is 20.8 Å². The summed E-state index contributed by atoms with van der Waals surface area (Å²) in [5, 5.41) is 14.3. The van der Waals surface area contributed by atoms with Gasteiger partial charge in [0, 0.05) is 23.2 Å². The van der Waals surface area contributed by atoms with Crippen molar-refractivity contribution in [2.24, 2.45) is 0 Å². The molecular formula is C23H21ClN2O6. The second-order valence-corrected chi connectivity index (χ2v) is 7.13. The van der Waals surface area contributed by atoms with Crippen molar-refractivity contribution in [1.82, 2.24) is 5.32 Å². The quantitative estimate of drug-likeness (QED) is 0.358. The Labute approximate surface area is 189 Å². The van der Waals surface area contributed by atoms with Crippen LogP contribution in [0.3, 0.4) is 0 Å². The molecule has 1 amide bonds. The van der Waals surface area contributed by atoms with Crippen molar-refractivity contribution < 1.29 is 23.9 Å². The van der Waals surface area contributed by atoms with Crippen LogP contribution in [0.4, 0.5) is 5.69 Å². The summed E-state index contributed by atoms with van der Waals surface area (Å²) in [6.45, 7) is 0.434. The second-order valence-electron chi connectivity index (χ2n) is 6.69. The predicted molar refractivity (Wildman–Crippen MR) is 120 cm³/mol. The minimum absolute atomic E-state index is 0.0616. The highest BCUT2D eigenvalue weighted by atomic mass is 35.5. The Hall–Kier alpha value is -3.78. The number of nitro groups is 1. The van der Waals surface area contributed by atoms with E-state index in [0.717, 1.165) is 5.56 Å². The lowest BCUT2D eigenvalue weighted by atomic mass is 10.1. The maximum atomic E-state index is 12.4. The third-order valence-corrected chi connectivity index (χ3v) is 4.84. The van der Waals surface area contributed by atoms with Crippen LogP contribution in [0.1, 0.15) is 15.9 Å². The summed E-state index contributed by atoms with van der Waals surface area (Å²) in [6.07, 6.45) is 0.619. The van der Waals surface area contributed by atoms with Crippen LogP contribution in [0.25, 0.3) is 0 Å². The Morgan fingerprint density at radius 3 is 2.31 bits per heavy atom. The van der Waals surface area contributed by atoms with Gasteiger partial charge in [-0.15, -0.1) is 0 Å². The molecule has 0 saturated carbocycles. The number of nitro benzene ring substituents is 1.